The van der Waals surface area contributed by atoms with Gasteiger partial charge in [0.25, 0.3) is 0 Å². The van der Waals surface area contributed by atoms with E-state index in [-0.39, 0.29) is 0 Å². The highest BCUT2D eigenvalue weighted by Gasteiger charge is 2.11. The van der Waals surface area contributed by atoms with Gasteiger partial charge in [0, 0.05) is 24.3 Å². The fraction of sp³-hybridized carbons (Fsp3) is 0.350. The number of benzene rings is 2. The van der Waals surface area contributed by atoms with E-state index in [9.17, 15) is 0 Å². The number of aromatic nitrogens is 1. The molecule has 1 aliphatic rings. The Labute approximate surface area is 141 Å². The van der Waals surface area contributed by atoms with Crippen LogP contribution in [0.25, 0.3) is 20.8 Å². The molecule has 0 bridgehead atoms. The van der Waals surface area contributed by atoms with E-state index in [0.29, 0.717) is 0 Å². The van der Waals surface area contributed by atoms with Crippen LogP contribution in [0.5, 0.6) is 0 Å². The van der Waals surface area contributed by atoms with Gasteiger partial charge < -0.3 is 4.90 Å². The second-order valence-corrected chi connectivity index (χ2v) is 7.47. The van der Waals surface area contributed by atoms with E-state index >= 15 is 0 Å². The summed E-state index contributed by atoms with van der Waals surface area (Å²) in [5, 5.41) is 1.12. The maximum atomic E-state index is 4.79. The highest BCUT2D eigenvalue weighted by atomic mass is 32.1. The van der Waals surface area contributed by atoms with Crippen LogP contribution >= 0.6 is 11.3 Å². The molecular formula is C20H22N2S. The second-order valence-electron chi connectivity index (χ2n) is 6.44. The lowest BCUT2D eigenvalue weighted by Gasteiger charge is -2.22. The number of thiazole rings is 1. The van der Waals surface area contributed by atoms with Gasteiger partial charge in [0.2, 0.25) is 0 Å². The number of hydrogen-bond acceptors (Lipinski definition) is 3. The Morgan fingerprint density at radius 1 is 0.913 bits per heavy atom. The molecule has 23 heavy (non-hydrogen) atoms. The largest absolute Gasteiger partial charge is 0.372 e. The van der Waals surface area contributed by atoms with Crippen molar-refractivity contribution in [3.63, 3.8) is 0 Å². The number of fused-ring (bicyclic) bond motifs is 1. The summed E-state index contributed by atoms with van der Waals surface area (Å²) in [6.45, 7) is 4.52. The number of rotatable bonds is 2. The zero-order chi connectivity index (χ0) is 15.6. The average Bonchev–Trinajstić information content (AvgIpc) is 2.80. The summed E-state index contributed by atoms with van der Waals surface area (Å²) in [5.74, 6) is 0. The van der Waals surface area contributed by atoms with Crippen molar-refractivity contribution in [1.29, 1.82) is 0 Å². The van der Waals surface area contributed by atoms with Crippen molar-refractivity contribution in [2.45, 2.75) is 32.6 Å². The molecule has 0 radical (unpaired) electrons. The molecule has 0 saturated carbocycles. The maximum absolute atomic E-state index is 4.79. The van der Waals surface area contributed by atoms with Crippen molar-refractivity contribution in [1.82, 2.24) is 4.98 Å². The Balaban J connectivity index is 1.61. The van der Waals surface area contributed by atoms with Crippen LogP contribution in [0, 0.1) is 6.92 Å². The van der Waals surface area contributed by atoms with E-state index in [1.165, 1.54) is 60.3 Å². The first-order valence-electron chi connectivity index (χ1n) is 8.52. The molecule has 3 aromatic rings. The predicted molar refractivity (Wildman–Crippen MR) is 100 cm³/mol. The lowest BCUT2D eigenvalue weighted by atomic mass is 10.2. The molecule has 0 aliphatic carbocycles. The van der Waals surface area contributed by atoms with Gasteiger partial charge in [-0.2, -0.15) is 0 Å². The Morgan fingerprint density at radius 3 is 2.39 bits per heavy atom. The molecule has 1 aromatic heterocycles. The van der Waals surface area contributed by atoms with E-state index in [1.54, 1.807) is 11.3 Å². The molecule has 0 unspecified atom stereocenters. The zero-order valence-corrected chi connectivity index (χ0v) is 14.4. The van der Waals surface area contributed by atoms with E-state index in [1.807, 2.05) is 0 Å². The lowest BCUT2D eigenvalue weighted by molar-refractivity contribution is 0.726. The van der Waals surface area contributed by atoms with E-state index in [4.69, 9.17) is 4.98 Å². The molecule has 0 N–H and O–H groups in total. The molecule has 2 heterocycles. The van der Waals surface area contributed by atoms with Crippen molar-refractivity contribution >= 4 is 27.2 Å². The fourth-order valence-corrected chi connectivity index (χ4v) is 4.37. The van der Waals surface area contributed by atoms with Crippen molar-refractivity contribution in [2.75, 3.05) is 18.0 Å². The smallest absolute Gasteiger partial charge is 0.124 e. The average molecular weight is 322 g/mol. The van der Waals surface area contributed by atoms with Gasteiger partial charge >= 0.3 is 0 Å². The van der Waals surface area contributed by atoms with Crippen LogP contribution < -0.4 is 4.90 Å². The van der Waals surface area contributed by atoms with Crippen LogP contribution in [0.3, 0.4) is 0 Å². The Morgan fingerprint density at radius 2 is 1.65 bits per heavy atom. The predicted octanol–water partition coefficient (Wildman–Crippen LogP) is 5.65. The van der Waals surface area contributed by atoms with Gasteiger partial charge in [0.15, 0.2) is 0 Å². The highest BCUT2D eigenvalue weighted by Crippen LogP contribution is 2.32. The maximum Gasteiger partial charge on any atom is 0.124 e. The van der Waals surface area contributed by atoms with E-state index < -0.39 is 0 Å². The topological polar surface area (TPSA) is 16.1 Å². The molecule has 3 heteroatoms. The molecular weight excluding hydrogens is 300 g/mol. The van der Waals surface area contributed by atoms with E-state index in [2.05, 4.69) is 54.3 Å². The summed E-state index contributed by atoms with van der Waals surface area (Å²) in [6, 6.07) is 15.5. The summed E-state index contributed by atoms with van der Waals surface area (Å²) in [5.41, 5.74) is 4.98. The highest BCUT2D eigenvalue weighted by molar-refractivity contribution is 7.21. The minimum Gasteiger partial charge on any atom is -0.372 e. The monoisotopic (exact) mass is 322 g/mol. The third-order valence-electron chi connectivity index (χ3n) is 4.63. The Bertz CT molecular complexity index is 796. The van der Waals surface area contributed by atoms with Crippen molar-refractivity contribution < 1.29 is 0 Å². The summed E-state index contributed by atoms with van der Waals surface area (Å²) in [4.78, 5) is 7.31. The molecule has 2 aromatic carbocycles. The summed E-state index contributed by atoms with van der Waals surface area (Å²) in [6.07, 6.45) is 5.39. The van der Waals surface area contributed by atoms with Crippen molar-refractivity contribution in [3.8, 4) is 10.6 Å². The quantitative estimate of drug-likeness (QED) is 0.606. The van der Waals surface area contributed by atoms with Gasteiger partial charge in [-0.25, -0.2) is 4.98 Å². The third kappa shape index (κ3) is 3.11. The number of nitrogens with zero attached hydrogens (tertiary/aromatic N) is 2. The van der Waals surface area contributed by atoms with Crippen molar-refractivity contribution in [3.05, 3.63) is 48.0 Å². The molecule has 1 fully saturated rings. The molecule has 4 rings (SSSR count). The van der Waals surface area contributed by atoms with Crippen LogP contribution in [0.15, 0.2) is 42.5 Å². The normalized spacial score (nSPS) is 15.8. The van der Waals surface area contributed by atoms with Crippen LogP contribution in [-0.4, -0.2) is 18.1 Å². The van der Waals surface area contributed by atoms with Gasteiger partial charge in [-0.1, -0.05) is 18.9 Å². The Kier molecular flexibility index (Phi) is 4.04. The summed E-state index contributed by atoms with van der Waals surface area (Å²) < 4.78 is 1.27. The molecule has 2 nitrogen and oxygen atoms in total. The first-order valence-corrected chi connectivity index (χ1v) is 9.34. The van der Waals surface area contributed by atoms with Gasteiger partial charge in [-0.15, -0.1) is 11.3 Å². The number of hydrogen-bond donors (Lipinski definition) is 0. The van der Waals surface area contributed by atoms with E-state index in [0.717, 1.165) is 10.5 Å². The van der Waals surface area contributed by atoms with Gasteiger partial charge in [0.1, 0.15) is 5.01 Å². The number of anilines is 1. The fourth-order valence-electron chi connectivity index (χ4n) is 3.30. The van der Waals surface area contributed by atoms with Crippen LogP contribution in [0.1, 0.15) is 31.2 Å². The molecule has 0 atom stereocenters. The van der Waals surface area contributed by atoms with Gasteiger partial charge in [-0.05, 0) is 61.7 Å². The van der Waals surface area contributed by atoms with Gasteiger partial charge in [-0.3, -0.25) is 0 Å². The first kappa shape index (κ1) is 14.7. The molecule has 0 spiro atoms. The van der Waals surface area contributed by atoms with Gasteiger partial charge in [0.05, 0.1) is 10.2 Å². The second kappa shape index (κ2) is 6.32. The third-order valence-corrected chi connectivity index (χ3v) is 5.70. The molecule has 118 valence electrons. The van der Waals surface area contributed by atoms with Crippen LogP contribution in [0.4, 0.5) is 5.69 Å². The SMILES string of the molecule is Cc1ccc2nc(-c3ccc(N4CCCCCC4)cc3)sc2c1. The van der Waals surface area contributed by atoms with Crippen LogP contribution in [-0.2, 0) is 0 Å². The number of aryl methyl sites for hydroxylation is 1. The Hall–Kier alpha value is -1.87. The minimum atomic E-state index is 1.10. The van der Waals surface area contributed by atoms with Crippen molar-refractivity contribution in [2.24, 2.45) is 0 Å². The zero-order valence-electron chi connectivity index (χ0n) is 13.6. The summed E-state index contributed by atoms with van der Waals surface area (Å²) >= 11 is 1.78. The summed E-state index contributed by atoms with van der Waals surface area (Å²) in [7, 11) is 0. The molecule has 1 aliphatic heterocycles. The lowest BCUT2D eigenvalue weighted by Crippen LogP contribution is -2.23. The first-order chi connectivity index (χ1) is 11.3. The standard InChI is InChI=1S/C20H22N2S/c1-15-6-11-18-19(14-15)23-20(21-18)16-7-9-17(10-8-16)22-12-4-2-3-5-13-22/h6-11,14H,2-5,12-13H2,1H3. The molecule has 0 amide bonds. The molecule has 1 saturated heterocycles. The minimum absolute atomic E-state index is 1.10. The van der Waals surface area contributed by atoms with Crippen LogP contribution in [0.2, 0.25) is 0 Å².